The van der Waals surface area contributed by atoms with Crippen molar-refractivity contribution in [1.29, 1.82) is 0 Å². The summed E-state index contributed by atoms with van der Waals surface area (Å²) in [6, 6.07) is 18.4. The van der Waals surface area contributed by atoms with Gasteiger partial charge in [-0.3, -0.25) is 5.43 Å². The molecule has 162 valence electrons. The highest BCUT2D eigenvalue weighted by Crippen LogP contribution is 2.34. The van der Waals surface area contributed by atoms with Crippen LogP contribution in [0.1, 0.15) is 23.0 Å². The highest BCUT2D eigenvalue weighted by molar-refractivity contribution is 6.36. The number of halogens is 2. The van der Waals surface area contributed by atoms with Crippen LogP contribution >= 0.6 is 23.2 Å². The van der Waals surface area contributed by atoms with Crippen molar-refractivity contribution in [2.45, 2.75) is 6.92 Å². The number of ether oxygens (including phenoxy) is 1. The van der Waals surface area contributed by atoms with Crippen molar-refractivity contribution < 1.29 is 13.9 Å². The maximum Gasteiger partial charge on any atom is 0.345 e. The van der Waals surface area contributed by atoms with Crippen LogP contribution in [0, 0.1) is 0 Å². The van der Waals surface area contributed by atoms with E-state index in [0.717, 1.165) is 10.9 Å². The molecule has 0 atom stereocenters. The molecule has 32 heavy (non-hydrogen) atoms. The fraction of sp³-hybridized carbons (Fsp3) is 0.0870. The first kappa shape index (κ1) is 21.7. The summed E-state index contributed by atoms with van der Waals surface area (Å²) in [6.45, 7) is 1.90. The number of para-hydroxylation sites is 1. The Hall–Kier alpha value is -3.55. The molecule has 0 amide bonds. The summed E-state index contributed by atoms with van der Waals surface area (Å²) in [6.07, 6.45) is 1.37. The summed E-state index contributed by atoms with van der Waals surface area (Å²) >= 11 is 12.4. The average Bonchev–Trinajstić information content (AvgIpc) is 3.10. The molecule has 0 saturated carbocycles. The Morgan fingerprint density at radius 2 is 1.91 bits per heavy atom. The quantitative estimate of drug-likeness (QED) is 0.183. The van der Waals surface area contributed by atoms with Gasteiger partial charge < -0.3 is 14.5 Å². The van der Waals surface area contributed by atoms with Gasteiger partial charge in [0.1, 0.15) is 16.4 Å². The zero-order valence-electron chi connectivity index (χ0n) is 16.9. The number of hydrogen-bond acceptors (Lipinski definition) is 7. The van der Waals surface area contributed by atoms with Crippen molar-refractivity contribution in [3.05, 3.63) is 82.0 Å². The van der Waals surface area contributed by atoms with E-state index in [0.29, 0.717) is 16.5 Å². The van der Waals surface area contributed by atoms with Crippen molar-refractivity contribution in [1.82, 2.24) is 4.98 Å². The zero-order valence-corrected chi connectivity index (χ0v) is 18.4. The van der Waals surface area contributed by atoms with Crippen LogP contribution in [0.5, 0.6) is 0 Å². The number of carbonyl (C=O) groups excluding carboxylic acids is 1. The second-order valence-electron chi connectivity index (χ2n) is 6.60. The van der Waals surface area contributed by atoms with Crippen molar-refractivity contribution in [3.8, 4) is 0 Å². The van der Waals surface area contributed by atoms with E-state index < -0.39 is 5.97 Å². The van der Waals surface area contributed by atoms with Crippen molar-refractivity contribution in [3.63, 3.8) is 0 Å². The molecule has 2 aromatic heterocycles. The zero-order chi connectivity index (χ0) is 22.5. The number of aromatic nitrogens is 1. The second-order valence-corrected chi connectivity index (χ2v) is 7.41. The molecule has 0 bridgehead atoms. The number of furan rings is 1. The fourth-order valence-electron chi connectivity index (χ4n) is 2.93. The van der Waals surface area contributed by atoms with Gasteiger partial charge in [0, 0.05) is 16.1 Å². The third-order valence-corrected chi connectivity index (χ3v) is 5.04. The molecular formula is C23H18Cl2N4O3. The van der Waals surface area contributed by atoms with Gasteiger partial charge in [-0.25, -0.2) is 9.78 Å². The highest BCUT2D eigenvalue weighted by Gasteiger charge is 2.25. The Morgan fingerprint density at radius 3 is 2.69 bits per heavy atom. The summed E-state index contributed by atoms with van der Waals surface area (Å²) in [5.74, 6) is 0.259. The van der Waals surface area contributed by atoms with Crippen LogP contribution in [0.2, 0.25) is 10.0 Å². The summed E-state index contributed by atoms with van der Waals surface area (Å²) in [5, 5.41) is 8.85. The molecule has 0 spiro atoms. The van der Waals surface area contributed by atoms with Crippen molar-refractivity contribution in [2.24, 2.45) is 5.10 Å². The first-order valence-electron chi connectivity index (χ1n) is 9.72. The van der Waals surface area contributed by atoms with Crippen LogP contribution < -0.4 is 10.7 Å². The highest BCUT2D eigenvalue weighted by atomic mass is 35.5. The van der Waals surface area contributed by atoms with Crippen LogP contribution in [-0.4, -0.2) is 23.8 Å². The first-order valence-corrected chi connectivity index (χ1v) is 10.5. The number of esters is 1. The van der Waals surface area contributed by atoms with Crippen LogP contribution in [0.3, 0.4) is 0 Å². The molecule has 0 unspecified atom stereocenters. The number of hydrazone groups is 1. The van der Waals surface area contributed by atoms with Gasteiger partial charge in [-0.05, 0) is 49.4 Å². The molecule has 0 aliphatic rings. The molecule has 0 fully saturated rings. The smallest absolute Gasteiger partial charge is 0.345 e. The standard InChI is InChI=1S/C23H18Cl2N4O3/c1-2-31-23(30)20-21(25)18(32-22(20)27-16-10-8-15(24)9-11-16)13-26-29-19-12-7-14-5-3-4-6-17(14)28-19/h3-13,27H,2H2,1H3,(H,28,29)/b26-13-. The fourth-order valence-corrected chi connectivity index (χ4v) is 3.31. The van der Waals surface area contributed by atoms with Gasteiger partial charge in [-0.15, -0.1) is 0 Å². The van der Waals surface area contributed by atoms with E-state index in [1.54, 1.807) is 37.3 Å². The lowest BCUT2D eigenvalue weighted by Gasteiger charge is -2.06. The van der Waals surface area contributed by atoms with Gasteiger partial charge in [-0.2, -0.15) is 5.10 Å². The van der Waals surface area contributed by atoms with Gasteiger partial charge >= 0.3 is 5.97 Å². The Balaban J connectivity index is 1.59. The first-order chi connectivity index (χ1) is 15.5. The molecule has 7 nitrogen and oxygen atoms in total. The van der Waals surface area contributed by atoms with E-state index in [4.69, 9.17) is 32.4 Å². The Morgan fingerprint density at radius 1 is 1.12 bits per heavy atom. The Bertz CT molecular complexity index is 1290. The summed E-state index contributed by atoms with van der Waals surface area (Å²) < 4.78 is 10.9. The number of benzene rings is 2. The van der Waals surface area contributed by atoms with Crippen molar-refractivity contribution in [2.75, 3.05) is 17.3 Å². The minimum Gasteiger partial charge on any atom is -0.462 e. The number of nitrogens with one attached hydrogen (secondary N) is 2. The lowest BCUT2D eigenvalue weighted by Crippen LogP contribution is -2.06. The number of nitrogens with zero attached hydrogens (tertiary/aromatic N) is 2. The van der Waals surface area contributed by atoms with Crippen LogP contribution in [0.15, 0.2) is 70.2 Å². The summed E-state index contributed by atoms with van der Waals surface area (Å²) in [4.78, 5) is 16.9. The molecule has 0 aliphatic heterocycles. The van der Waals surface area contributed by atoms with Crippen LogP contribution in [0.4, 0.5) is 17.4 Å². The minimum atomic E-state index is -0.610. The normalized spacial score (nSPS) is 11.1. The number of rotatable bonds is 7. The van der Waals surface area contributed by atoms with E-state index in [2.05, 4.69) is 20.8 Å². The molecule has 9 heteroatoms. The molecule has 0 aliphatic carbocycles. The number of pyridine rings is 1. The topological polar surface area (TPSA) is 88.8 Å². The third-order valence-electron chi connectivity index (χ3n) is 4.42. The van der Waals surface area contributed by atoms with Gasteiger partial charge in [0.15, 0.2) is 5.76 Å². The maximum absolute atomic E-state index is 12.5. The Kier molecular flexibility index (Phi) is 6.58. The maximum atomic E-state index is 12.5. The summed E-state index contributed by atoms with van der Waals surface area (Å²) in [7, 11) is 0. The monoisotopic (exact) mass is 468 g/mol. The van der Waals surface area contributed by atoms with E-state index >= 15 is 0 Å². The number of carbonyl (C=O) groups is 1. The number of fused-ring (bicyclic) bond motifs is 1. The predicted octanol–water partition coefficient (Wildman–Crippen LogP) is 6.50. The molecule has 2 aromatic carbocycles. The molecule has 0 radical (unpaired) electrons. The van der Waals surface area contributed by atoms with Gasteiger partial charge in [-0.1, -0.05) is 41.4 Å². The van der Waals surface area contributed by atoms with E-state index in [1.165, 1.54) is 6.21 Å². The average molecular weight is 469 g/mol. The lowest BCUT2D eigenvalue weighted by molar-refractivity contribution is 0.0527. The van der Waals surface area contributed by atoms with Gasteiger partial charge in [0.25, 0.3) is 0 Å². The SMILES string of the molecule is CCOC(=O)c1c(Nc2ccc(Cl)cc2)oc(/C=N\Nc2ccc3ccccc3n2)c1Cl. The predicted molar refractivity (Wildman–Crippen MR) is 127 cm³/mol. The largest absolute Gasteiger partial charge is 0.462 e. The second kappa shape index (κ2) is 9.72. The van der Waals surface area contributed by atoms with Crippen molar-refractivity contribution >= 4 is 63.7 Å². The van der Waals surface area contributed by atoms with E-state index in [1.807, 2.05) is 30.3 Å². The number of anilines is 3. The number of hydrogen-bond donors (Lipinski definition) is 2. The van der Waals surface area contributed by atoms with Gasteiger partial charge in [0.05, 0.1) is 18.3 Å². The lowest BCUT2D eigenvalue weighted by atomic mass is 10.2. The molecule has 4 rings (SSSR count). The van der Waals surface area contributed by atoms with Crippen LogP contribution in [0.25, 0.3) is 10.9 Å². The third kappa shape index (κ3) is 4.85. The minimum absolute atomic E-state index is 0.0775. The molecule has 0 saturated heterocycles. The summed E-state index contributed by atoms with van der Waals surface area (Å²) in [5.41, 5.74) is 4.41. The van der Waals surface area contributed by atoms with E-state index in [-0.39, 0.29) is 28.8 Å². The van der Waals surface area contributed by atoms with Gasteiger partial charge in [0.2, 0.25) is 5.88 Å². The molecule has 2 N–H and O–H groups in total. The van der Waals surface area contributed by atoms with E-state index in [9.17, 15) is 4.79 Å². The Labute approximate surface area is 194 Å². The molecular weight excluding hydrogens is 451 g/mol. The molecule has 2 heterocycles. The van der Waals surface area contributed by atoms with Crippen LogP contribution in [-0.2, 0) is 4.74 Å². The molecule has 4 aromatic rings.